The summed E-state index contributed by atoms with van der Waals surface area (Å²) in [5, 5.41) is 14.5. The van der Waals surface area contributed by atoms with Crippen LogP contribution in [0.1, 0.15) is 41.3 Å². The molecule has 35 heavy (non-hydrogen) atoms. The fourth-order valence-electron chi connectivity index (χ4n) is 4.26. The molecule has 1 atom stereocenters. The molecule has 0 aromatic heterocycles. The topological polar surface area (TPSA) is 105 Å². The SMILES string of the molecule is CC(C)C(NC(=O)OCC1c2ccccc2-c2ccccc21)C(=O)Nc1ccc(C(=O)O)cc1Cl. The van der Waals surface area contributed by atoms with Crippen LogP contribution in [0.2, 0.25) is 5.02 Å². The van der Waals surface area contributed by atoms with Crippen molar-refractivity contribution < 1.29 is 24.2 Å². The number of carboxylic acids is 1. The van der Waals surface area contributed by atoms with E-state index in [4.69, 9.17) is 21.4 Å². The van der Waals surface area contributed by atoms with Gasteiger partial charge in [-0.25, -0.2) is 9.59 Å². The number of hydrogen-bond acceptors (Lipinski definition) is 4. The van der Waals surface area contributed by atoms with E-state index in [1.807, 2.05) is 36.4 Å². The lowest BCUT2D eigenvalue weighted by Gasteiger charge is -2.22. The standard InChI is InChI=1S/C27H25ClN2O5/c1-15(2)24(25(31)29-23-12-11-16(26(32)33)13-22(23)28)30-27(34)35-14-21-19-9-5-3-7-17(19)18-8-4-6-10-20(18)21/h3-13,15,21,24H,14H2,1-2H3,(H,29,31)(H,30,34)(H,32,33). The summed E-state index contributed by atoms with van der Waals surface area (Å²) in [5.41, 5.74) is 4.70. The average Bonchev–Trinajstić information content (AvgIpc) is 3.15. The summed E-state index contributed by atoms with van der Waals surface area (Å²) < 4.78 is 5.57. The highest BCUT2D eigenvalue weighted by atomic mass is 35.5. The van der Waals surface area contributed by atoms with Gasteiger partial charge in [0.2, 0.25) is 5.91 Å². The first-order chi connectivity index (χ1) is 16.8. The van der Waals surface area contributed by atoms with E-state index in [-0.39, 0.29) is 34.7 Å². The van der Waals surface area contributed by atoms with Crippen molar-refractivity contribution >= 4 is 35.3 Å². The largest absolute Gasteiger partial charge is 0.478 e. The maximum atomic E-state index is 12.9. The zero-order valence-electron chi connectivity index (χ0n) is 19.2. The molecule has 8 heteroatoms. The van der Waals surface area contributed by atoms with E-state index in [1.165, 1.54) is 18.2 Å². The second-order valence-electron chi connectivity index (χ2n) is 8.68. The Labute approximate surface area is 208 Å². The number of amides is 2. The number of fused-ring (bicyclic) bond motifs is 3. The van der Waals surface area contributed by atoms with Gasteiger partial charge in [-0.15, -0.1) is 0 Å². The number of rotatable bonds is 7. The molecule has 0 fully saturated rings. The summed E-state index contributed by atoms with van der Waals surface area (Å²) in [6.07, 6.45) is -0.701. The van der Waals surface area contributed by atoms with Crippen LogP contribution in [-0.2, 0) is 9.53 Å². The van der Waals surface area contributed by atoms with Gasteiger partial charge >= 0.3 is 12.1 Å². The van der Waals surface area contributed by atoms with Crippen molar-refractivity contribution in [2.24, 2.45) is 5.92 Å². The normalized spacial score (nSPS) is 13.0. The van der Waals surface area contributed by atoms with E-state index in [0.717, 1.165) is 22.3 Å². The summed E-state index contributed by atoms with van der Waals surface area (Å²) in [5.74, 6) is -1.95. The number of hydrogen-bond donors (Lipinski definition) is 3. The van der Waals surface area contributed by atoms with Crippen molar-refractivity contribution in [2.45, 2.75) is 25.8 Å². The quantitative estimate of drug-likeness (QED) is 0.401. The number of alkyl carbamates (subject to hydrolysis) is 1. The van der Waals surface area contributed by atoms with Crippen molar-refractivity contribution in [3.05, 3.63) is 88.4 Å². The lowest BCUT2D eigenvalue weighted by atomic mass is 9.98. The van der Waals surface area contributed by atoms with Gasteiger partial charge in [-0.05, 0) is 46.4 Å². The van der Waals surface area contributed by atoms with Crippen LogP contribution >= 0.6 is 11.6 Å². The molecule has 1 aliphatic carbocycles. The molecule has 0 aliphatic heterocycles. The zero-order valence-corrected chi connectivity index (χ0v) is 20.0. The number of ether oxygens (including phenoxy) is 1. The lowest BCUT2D eigenvalue weighted by molar-refractivity contribution is -0.119. The Kier molecular flexibility index (Phi) is 7.07. The smallest absolute Gasteiger partial charge is 0.407 e. The van der Waals surface area contributed by atoms with Gasteiger partial charge in [-0.1, -0.05) is 74.0 Å². The molecule has 3 aromatic rings. The van der Waals surface area contributed by atoms with Crippen LogP contribution in [0.4, 0.5) is 10.5 Å². The molecule has 1 aliphatic rings. The number of nitrogens with one attached hydrogen (secondary N) is 2. The summed E-state index contributed by atoms with van der Waals surface area (Å²) >= 11 is 6.12. The minimum absolute atomic E-state index is 0.00479. The molecule has 0 saturated heterocycles. The molecule has 0 spiro atoms. The Morgan fingerprint density at radius 1 is 0.971 bits per heavy atom. The third kappa shape index (κ3) is 5.15. The van der Waals surface area contributed by atoms with Crippen LogP contribution in [0, 0.1) is 5.92 Å². The number of halogens is 1. The Hall–Kier alpha value is -3.84. The van der Waals surface area contributed by atoms with E-state index < -0.39 is 24.0 Å². The number of aromatic carboxylic acids is 1. The monoisotopic (exact) mass is 492 g/mol. The molecule has 4 rings (SSSR count). The van der Waals surface area contributed by atoms with Crippen molar-refractivity contribution in [2.75, 3.05) is 11.9 Å². The van der Waals surface area contributed by atoms with Crippen LogP contribution in [-0.4, -0.2) is 35.7 Å². The minimum atomic E-state index is -1.12. The summed E-state index contributed by atoms with van der Waals surface area (Å²) in [7, 11) is 0. The van der Waals surface area contributed by atoms with Crippen LogP contribution in [0.25, 0.3) is 11.1 Å². The fourth-order valence-corrected chi connectivity index (χ4v) is 4.49. The third-order valence-electron chi connectivity index (χ3n) is 6.04. The molecule has 180 valence electrons. The molecular formula is C27H25ClN2O5. The van der Waals surface area contributed by atoms with E-state index >= 15 is 0 Å². The summed E-state index contributed by atoms with van der Waals surface area (Å²) in [6, 6.07) is 19.2. The molecule has 0 heterocycles. The predicted octanol–water partition coefficient (Wildman–Crippen LogP) is 5.54. The molecule has 2 amide bonds. The Balaban J connectivity index is 1.42. The fraction of sp³-hybridized carbons (Fsp3) is 0.222. The maximum Gasteiger partial charge on any atom is 0.407 e. The Morgan fingerprint density at radius 3 is 2.11 bits per heavy atom. The van der Waals surface area contributed by atoms with Gasteiger partial charge in [0.05, 0.1) is 16.3 Å². The molecule has 0 saturated carbocycles. The number of carbonyl (C=O) groups is 3. The third-order valence-corrected chi connectivity index (χ3v) is 6.35. The molecule has 3 aromatic carbocycles. The van der Waals surface area contributed by atoms with E-state index in [1.54, 1.807) is 13.8 Å². The molecule has 0 bridgehead atoms. The second kappa shape index (κ2) is 10.2. The van der Waals surface area contributed by atoms with Gasteiger partial charge in [-0.3, -0.25) is 4.79 Å². The molecule has 3 N–H and O–H groups in total. The van der Waals surface area contributed by atoms with Crippen LogP contribution in [0.3, 0.4) is 0 Å². The van der Waals surface area contributed by atoms with E-state index in [0.29, 0.717) is 0 Å². The van der Waals surface area contributed by atoms with E-state index in [2.05, 4.69) is 22.8 Å². The molecular weight excluding hydrogens is 468 g/mol. The van der Waals surface area contributed by atoms with Gasteiger partial charge in [0.1, 0.15) is 12.6 Å². The minimum Gasteiger partial charge on any atom is -0.478 e. The summed E-state index contributed by atoms with van der Waals surface area (Å²) in [4.78, 5) is 36.7. The highest BCUT2D eigenvalue weighted by Gasteiger charge is 2.30. The number of benzene rings is 3. The second-order valence-corrected chi connectivity index (χ2v) is 9.09. The number of carbonyl (C=O) groups excluding carboxylic acids is 2. The average molecular weight is 493 g/mol. The molecule has 0 radical (unpaired) electrons. The van der Waals surface area contributed by atoms with Crippen molar-refractivity contribution in [1.29, 1.82) is 0 Å². The number of anilines is 1. The van der Waals surface area contributed by atoms with Gasteiger partial charge in [-0.2, -0.15) is 0 Å². The van der Waals surface area contributed by atoms with E-state index in [9.17, 15) is 14.4 Å². The van der Waals surface area contributed by atoms with Gasteiger partial charge in [0, 0.05) is 5.92 Å². The van der Waals surface area contributed by atoms with Crippen LogP contribution in [0.5, 0.6) is 0 Å². The van der Waals surface area contributed by atoms with Crippen molar-refractivity contribution in [1.82, 2.24) is 5.32 Å². The highest BCUT2D eigenvalue weighted by molar-refractivity contribution is 6.34. The van der Waals surface area contributed by atoms with Crippen LogP contribution < -0.4 is 10.6 Å². The predicted molar refractivity (Wildman–Crippen MR) is 134 cm³/mol. The van der Waals surface area contributed by atoms with Gasteiger partial charge in [0.25, 0.3) is 0 Å². The first-order valence-corrected chi connectivity index (χ1v) is 11.6. The van der Waals surface area contributed by atoms with Crippen molar-refractivity contribution in [3.63, 3.8) is 0 Å². The summed E-state index contributed by atoms with van der Waals surface area (Å²) in [6.45, 7) is 3.72. The maximum absolute atomic E-state index is 12.9. The van der Waals surface area contributed by atoms with Crippen LogP contribution in [0.15, 0.2) is 66.7 Å². The van der Waals surface area contributed by atoms with Gasteiger partial charge in [0.15, 0.2) is 0 Å². The van der Waals surface area contributed by atoms with Crippen molar-refractivity contribution in [3.8, 4) is 11.1 Å². The number of carboxylic acid groups (broad SMARTS) is 1. The Morgan fingerprint density at radius 2 is 1.57 bits per heavy atom. The highest BCUT2D eigenvalue weighted by Crippen LogP contribution is 2.44. The zero-order chi connectivity index (χ0) is 25.1. The first-order valence-electron chi connectivity index (χ1n) is 11.2. The molecule has 7 nitrogen and oxygen atoms in total. The lowest BCUT2D eigenvalue weighted by Crippen LogP contribution is -2.47. The molecule has 1 unspecified atom stereocenters. The van der Waals surface area contributed by atoms with Gasteiger partial charge < -0.3 is 20.5 Å². The first kappa shape index (κ1) is 24.3. The Bertz CT molecular complexity index is 1240.